The van der Waals surface area contributed by atoms with Crippen LogP contribution in [0.15, 0.2) is 42.5 Å². The van der Waals surface area contributed by atoms with Crippen LogP contribution < -0.4 is 15.5 Å². The van der Waals surface area contributed by atoms with Crippen molar-refractivity contribution in [2.24, 2.45) is 17.8 Å². The summed E-state index contributed by atoms with van der Waals surface area (Å²) in [7, 11) is 0. The zero-order valence-corrected chi connectivity index (χ0v) is 27.3. The highest BCUT2D eigenvalue weighted by Crippen LogP contribution is 2.34. The van der Waals surface area contributed by atoms with Gasteiger partial charge in [0.15, 0.2) is 0 Å². The molecule has 0 aliphatic rings. The number of urea groups is 1. The minimum absolute atomic E-state index is 0.0575. The number of rotatable bonds is 15. The predicted octanol–water partition coefficient (Wildman–Crippen LogP) is 7.09. The molecule has 3 unspecified atom stereocenters. The van der Waals surface area contributed by atoms with E-state index in [1.165, 1.54) is 6.92 Å². The molecule has 9 nitrogen and oxygen atoms in total. The lowest BCUT2D eigenvalue weighted by Crippen LogP contribution is -2.33. The van der Waals surface area contributed by atoms with Crippen molar-refractivity contribution in [1.29, 1.82) is 0 Å². The van der Waals surface area contributed by atoms with Crippen LogP contribution >= 0.6 is 0 Å². The summed E-state index contributed by atoms with van der Waals surface area (Å²) in [5.41, 5.74) is 4.23. The Labute approximate surface area is 257 Å². The molecule has 3 N–H and O–H groups in total. The third-order valence-electron chi connectivity index (χ3n) is 6.83. The molecule has 0 aliphatic carbocycles. The normalized spacial score (nSPS) is 13.4. The minimum atomic E-state index is -1.32. The Kier molecular flexibility index (Phi) is 14.0. The summed E-state index contributed by atoms with van der Waals surface area (Å²) in [4.78, 5) is 40.4. The number of nitrogens with one attached hydrogen (secondary N) is 2. The van der Waals surface area contributed by atoms with Crippen molar-refractivity contribution in [2.75, 3.05) is 28.6 Å². The predicted molar refractivity (Wildman–Crippen MR) is 172 cm³/mol. The number of carbonyl (C=O) groups excluding carboxylic acids is 3. The number of esters is 2. The first-order chi connectivity index (χ1) is 20.2. The van der Waals surface area contributed by atoms with Gasteiger partial charge in [-0.2, -0.15) is 0 Å². The second-order valence-corrected chi connectivity index (χ2v) is 12.4. The number of hydrogen-bond acceptors (Lipinski definition) is 7. The Morgan fingerprint density at radius 1 is 0.860 bits per heavy atom. The third kappa shape index (κ3) is 11.9. The fourth-order valence-electron chi connectivity index (χ4n) is 4.64. The molecule has 238 valence electrons. The van der Waals surface area contributed by atoms with E-state index in [4.69, 9.17) is 9.47 Å². The van der Waals surface area contributed by atoms with Crippen molar-refractivity contribution in [2.45, 2.75) is 93.5 Å². The van der Waals surface area contributed by atoms with Crippen LogP contribution in [0.5, 0.6) is 0 Å². The van der Waals surface area contributed by atoms with Gasteiger partial charge in [0.05, 0.1) is 17.8 Å². The summed E-state index contributed by atoms with van der Waals surface area (Å²) in [6, 6.07) is 13.2. The lowest BCUT2D eigenvalue weighted by atomic mass is 9.92. The molecule has 43 heavy (non-hydrogen) atoms. The van der Waals surface area contributed by atoms with E-state index in [9.17, 15) is 19.5 Å². The largest absolute Gasteiger partial charge is 0.425 e. The molecular weight excluding hydrogens is 546 g/mol. The zero-order chi connectivity index (χ0) is 32.3. The van der Waals surface area contributed by atoms with Crippen LogP contribution in [0.1, 0.15) is 85.3 Å². The van der Waals surface area contributed by atoms with E-state index in [1.54, 1.807) is 13.8 Å². The number of aliphatic hydroxyl groups excluding tert-OH is 1. The van der Waals surface area contributed by atoms with Crippen molar-refractivity contribution >= 4 is 35.0 Å². The van der Waals surface area contributed by atoms with Crippen molar-refractivity contribution in [3.63, 3.8) is 0 Å². The first-order valence-corrected chi connectivity index (χ1v) is 15.3. The summed E-state index contributed by atoms with van der Waals surface area (Å²) in [6.07, 6.45) is -1.72. The number of carbonyl (C=O) groups is 3. The van der Waals surface area contributed by atoms with Crippen LogP contribution in [0.2, 0.25) is 0 Å². The Morgan fingerprint density at radius 3 is 1.98 bits per heavy atom. The fourth-order valence-corrected chi connectivity index (χ4v) is 4.64. The van der Waals surface area contributed by atoms with Gasteiger partial charge in [0.1, 0.15) is 6.10 Å². The standard InChI is InChI=1S/C34H51N3O6/c1-10-26(18-31(39)42-33(23(6)7)43-32(40)25(9)38)27-13-16-30(37(19-21(2)3)20-22(4)5)29(17-27)36-34(41)35-28-14-11-24(8)12-15-28/h11-17,21-23,25-26,33,38H,10,18-20H2,1-9H3,(H2,35,36,41). The molecule has 2 amide bonds. The summed E-state index contributed by atoms with van der Waals surface area (Å²) in [6.45, 7) is 19.1. The van der Waals surface area contributed by atoms with E-state index in [1.807, 2.05) is 56.3 Å². The van der Waals surface area contributed by atoms with Crippen molar-refractivity contribution in [3.05, 3.63) is 53.6 Å². The molecule has 2 aromatic rings. The van der Waals surface area contributed by atoms with Crippen LogP contribution in [0.3, 0.4) is 0 Å². The molecule has 0 spiro atoms. The zero-order valence-electron chi connectivity index (χ0n) is 27.3. The van der Waals surface area contributed by atoms with Gasteiger partial charge in [-0.1, -0.05) is 72.2 Å². The third-order valence-corrected chi connectivity index (χ3v) is 6.83. The molecule has 9 heteroatoms. The van der Waals surface area contributed by atoms with Gasteiger partial charge in [0, 0.05) is 24.7 Å². The van der Waals surface area contributed by atoms with Gasteiger partial charge in [-0.25, -0.2) is 9.59 Å². The smallest absolute Gasteiger partial charge is 0.337 e. The van der Waals surface area contributed by atoms with Gasteiger partial charge in [-0.05, 0) is 67.9 Å². The summed E-state index contributed by atoms with van der Waals surface area (Å²) >= 11 is 0. The molecule has 0 radical (unpaired) electrons. The highest BCUT2D eigenvalue weighted by atomic mass is 16.7. The van der Waals surface area contributed by atoms with Crippen molar-refractivity contribution < 1.29 is 29.0 Å². The topological polar surface area (TPSA) is 117 Å². The number of hydrogen-bond donors (Lipinski definition) is 3. The molecule has 0 heterocycles. The number of aliphatic hydroxyl groups is 1. The Balaban J connectivity index is 2.37. The van der Waals surface area contributed by atoms with Gasteiger partial charge < -0.3 is 30.1 Å². The molecule has 0 bridgehead atoms. The number of nitrogens with zero attached hydrogens (tertiary/aromatic N) is 1. The molecular formula is C34H51N3O6. The summed E-state index contributed by atoms with van der Waals surface area (Å²) in [5.74, 6) is -1.04. The lowest BCUT2D eigenvalue weighted by Gasteiger charge is -2.31. The monoisotopic (exact) mass is 597 g/mol. The quantitative estimate of drug-likeness (QED) is 0.148. The van der Waals surface area contributed by atoms with E-state index >= 15 is 0 Å². The van der Waals surface area contributed by atoms with E-state index in [2.05, 4.69) is 43.2 Å². The van der Waals surface area contributed by atoms with Crippen LogP contribution in [-0.2, 0) is 19.1 Å². The summed E-state index contributed by atoms with van der Waals surface area (Å²) in [5, 5.41) is 15.5. The lowest BCUT2D eigenvalue weighted by molar-refractivity contribution is -0.201. The Bertz CT molecular complexity index is 1180. The second kappa shape index (κ2) is 16.9. The average molecular weight is 598 g/mol. The van der Waals surface area contributed by atoms with Crippen molar-refractivity contribution in [1.82, 2.24) is 0 Å². The molecule has 2 aromatic carbocycles. The maximum Gasteiger partial charge on any atom is 0.337 e. The average Bonchev–Trinajstić information content (AvgIpc) is 2.91. The van der Waals surface area contributed by atoms with E-state index in [0.717, 1.165) is 29.9 Å². The molecule has 3 atom stereocenters. The SMILES string of the molecule is CCC(CC(=O)OC(OC(=O)C(C)O)C(C)C)c1ccc(N(CC(C)C)CC(C)C)c(NC(=O)Nc2ccc(C)cc2)c1. The maximum absolute atomic E-state index is 13.2. The van der Waals surface area contributed by atoms with Gasteiger partial charge in [-0.3, -0.25) is 4.79 Å². The molecule has 0 saturated heterocycles. The van der Waals surface area contributed by atoms with Gasteiger partial charge >= 0.3 is 18.0 Å². The highest BCUT2D eigenvalue weighted by Gasteiger charge is 2.27. The van der Waals surface area contributed by atoms with Gasteiger partial charge in [0.25, 0.3) is 0 Å². The van der Waals surface area contributed by atoms with E-state index in [-0.39, 0.29) is 24.3 Å². The number of aryl methyl sites for hydroxylation is 1. The first-order valence-electron chi connectivity index (χ1n) is 15.3. The fraction of sp³-hybridized carbons (Fsp3) is 0.559. The molecule has 0 aromatic heterocycles. The number of anilines is 3. The second-order valence-electron chi connectivity index (χ2n) is 12.4. The van der Waals surface area contributed by atoms with Gasteiger partial charge in [-0.15, -0.1) is 0 Å². The van der Waals surface area contributed by atoms with E-state index in [0.29, 0.717) is 29.6 Å². The number of ether oxygens (including phenoxy) is 2. The molecule has 2 rings (SSSR count). The first kappa shape index (κ1) is 35.6. The Hall–Kier alpha value is -3.59. The van der Waals surface area contributed by atoms with Crippen LogP contribution in [0.4, 0.5) is 21.9 Å². The maximum atomic E-state index is 13.2. The number of benzene rings is 2. The van der Waals surface area contributed by atoms with Crippen molar-refractivity contribution in [3.8, 4) is 0 Å². The van der Waals surface area contributed by atoms with Crippen LogP contribution in [0.25, 0.3) is 0 Å². The highest BCUT2D eigenvalue weighted by molar-refractivity contribution is 6.02. The van der Waals surface area contributed by atoms with E-state index < -0.39 is 24.3 Å². The van der Waals surface area contributed by atoms with Crippen LogP contribution in [-0.4, -0.2) is 48.6 Å². The van der Waals surface area contributed by atoms with Crippen LogP contribution in [0, 0.1) is 24.7 Å². The minimum Gasteiger partial charge on any atom is -0.425 e. The molecule has 0 fully saturated rings. The Morgan fingerprint density at radius 2 is 1.47 bits per heavy atom. The number of amides is 2. The molecule has 0 aliphatic heterocycles. The van der Waals surface area contributed by atoms with Gasteiger partial charge in [0.2, 0.25) is 6.29 Å². The summed E-state index contributed by atoms with van der Waals surface area (Å²) < 4.78 is 10.7. The molecule has 0 saturated carbocycles.